The van der Waals surface area contributed by atoms with Crippen LogP contribution in [0.1, 0.15) is 16.8 Å². The van der Waals surface area contributed by atoms with E-state index >= 15 is 0 Å². The number of benzene rings is 2. The van der Waals surface area contributed by atoms with Crippen LogP contribution < -0.4 is 4.74 Å². The van der Waals surface area contributed by atoms with Crippen LogP contribution in [0.15, 0.2) is 48.5 Å². The highest BCUT2D eigenvalue weighted by molar-refractivity contribution is 6.33. The van der Waals surface area contributed by atoms with Crippen LogP contribution in [0.25, 0.3) is 11.3 Å². The molecule has 1 aliphatic rings. The Morgan fingerprint density at radius 3 is 2.69 bits per heavy atom. The van der Waals surface area contributed by atoms with Gasteiger partial charge in [0.2, 0.25) is 5.91 Å². The number of methoxy groups -OCH3 is 1. The van der Waals surface area contributed by atoms with E-state index in [4.69, 9.17) is 16.3 Å². The van der Waals surface area contributed by atoms with Crippen LogP contribution in [-0.2, 0) is 24.3 Å². The van der Waals surface area contributed by atoms with Crippen molar-refractivity contribution in [1.82, 2.24) is 15.1 Å². The molecule has 4 rings (SSSR count). The fourth-order valence-corrected chi connectivity index (χ4v) is 3.46. The third-order valence-electron chi connectivity index (χ3n) is 4.64. The molecule has 0 aliphatic carbocycles. The fourth-order valence-electron chi connectivity index (χ4n) is 3.24. The standard InChI is InChI=1S/C20H18ClN3O2/c1-26-14-8-6-13(7-9-14)11-24-12-18-16(10-19(24)25)20(23-22-18)15-4-2-3-5-17(15)21/h2-9H,10-12H2,1H3,(H,22,23). The largest absolute Gasteiger partial charge is 0.497 e. The molecule has 3 aromatic rings. The minimum absolute atomic E-state index is 0.0861. The number of carbonyl (C=O) groups is 1. The predicted molar refractivity (Wildman–Crippen MR) is 100.0 cm³/mol. The van der Waals surface area contributed by atoms with Crippen molar-refractivity contribution in [2.75, 3.05) is 7.11 Å². The van der Waals surface area contributed by atoms with Crippen molar-refractivity contribution < 1.29 is 9.53 Å². The van der Waals surface area contributed by atoms with E-state index in [0.717, 1.165) is 33.8 Å². The number of hydrogen-bond donors (Lipinski definition) is 1. The van der Waals surface area contributed by atoms with Crippen molar-refractivity contribution >= 4 is 17.5 Å². The summed E-state index contributed by atoms with van der Waals surface area (Å²) in [6, 6.07) is 15.3. The second-order valence-electron chi connectivity index (χ2n) is 6.28. The van der Waals surface area contributed by atoms with E-state index in [2.05, 4.69) is 10.2 Å². The van der Waals surface area contributed by atoms with Gasteiger partial charge in [-0.3, -0.25) is 9.89 Å². The molecule has 0 saturated heterocycles. The molecular weight excluding hydrogens is 350 g/mol. The number of amides is 1. The Balaban J connectivity index is 1.58. The van der Waals surface area contributed by atoms with Gasteiger partial charge in [0.05, 0.1) is 36.5 Å². The molecule has 26 heavy (non-hydrogen) atoms. The van der Waals surface area contributed by atoms with Gasteiger partial charge in [-0.1, -0.05) is 41.9 Å². The Hall–Kier alpha value is -2.79. The summed E-state index contributed by atoms with van der Waals surface area (Å²) in [5.74, 6) is 0.891. The molecule has 132 valence electrons. The number of fused-ring (bicyclic) bond motifs is 1. The first-order chi connectivity index (χ1) is 12.7. The summed E-state index contributed by atoms with van der Waals surface area (Å²) >= 11 is 6.30. The van der Waals surface area contributed by atoms with Gasteiger partial charge in [0.15, 0.2) is 0 Å². The molecular formula is C20H18ClN3O2. The Bertz CT molecular complexity index is 950. The van der Waals surface area contributed by atoms with Gasteiger partial charge in [0.1, 0.15) is 5.75 Å². The minimum Gasteiger partial charge on any atom is -0.497 e. The van der Waals surface area contributed by atoms with Crippen molar-refractivity contribution in [1.29, 1.82) is 0 Å². The molecule has 1 aliphatic heterocycles. The van der Waals surface area contributed by atoms with Crippen LogP contribution in [-0.4, -0.2) is 28.1 Å². The highest BCUT2D eigenvalue weighted by Crippen LogP contribution is 2.33. The number of aromatic amines is 1. The Morgan fingerprint density at radius 2 is 1.96 bits per heavy atom. The van der Waals surface area contributed by atoms with Crippen LogP contribution in [0.4, 0.5) is 0 Å². The van der Waals surface area contributed by atoms with Crippen LogP contribution in [0.2, 0.25) is 5.02 Å². The molecule has 5 nitrogen and oxygen atoms in total. The predicted octanol–water partition coefficient (Wildman–Crippen LogP) is 3.82. The maximum atomic E-state index is 12.7. The molecule has 0 atom stereocenters. The first-order valence-corrected chi connectivity index (χ1v) is 8.75. The zero-order valence-corrected chi connectivity index (χ0v) is 15.1. The van der Waals surface area contributed by atoms with E-state index in [1.807, 2.05) is 53.4 Å². The summed E-state index contributed by atoms with van der Waals surface area (Å²) in [6.07, 6.45) is 0.322. The average Bonchev–Trinajstić information content (AvgIpc) is 3.05. The van der Waals surface area contributed by atoms with Crippen molar-refractivity contribution in [2.45, 2.75) is 19.5 Å². The van der Waals surface area contributed by atoms with Crippen LogP contribution >= 0.6 is 11.6 Å². The molecule has 2 heterocycles. The Labute approximate surface area is 156 Å². The normalized spacial score (nSPS) is 13.6. The zero-order chi connectivity index (χ0) is 18.1. The maximum Gasteiger partial charge on any atom is 0.227 e. The van der Waals surface area contributed by atoms with Crippen LogP contribution in [0, 0.1) is 0 Å². The SMILES string of the molecule is COc1ccc(CN2Cc3[nH]nc(-c4ccccc4Cl)c3CC2=O)cc1. The maximum absolute atomic E-state index is 12.7. The number of aromatic nitrogens is 2. The molecule has 0 saturated carbocycles. The van der Waals surface area contributed by atoms with E-state index < -0.39 is 0 Å². The van der Waals surface area contributed by atoms with Crippen LogP contribution in [0.3, 0.4) is 0 Å². The Kier molecular flexibility index (Phi) is 4.39. The lowest BCUT2D eigenvalue weighted by Gasteiger charge is -2.27. The monoisotopic (exact) mass is 367 g/mol. The highest BCUT2D eigenvalue weighted by Gasteiger charge is 2.28. The van der Waals surface area contributed by atoms with Gasteiger partial charge in [-0.15, -0.1) is 0 Å². The fraction of sp³-hybridized carbons (Fsp3) is 0.200. The van der Waals surface area contributed by atoms with Gasteiger partial charge in [-0.2, -0.15) is 5.10 Å². The number of hydrogen-bond acceptors (Lipinski definition) is 3. The molecule has 0 radical (unpaired) electrons. The summed E-state index contributed by atoms with van der Waals surface area (Å²) in [6.45, 7) is 1.07. The lowest BCUT2D eigenvalue weighted by Crippen LogP contribution is -2.35. The smallest absolute Gasteiger partial charge is 0.227 e. The molecule has 1 amide bonds. The van der Waals surface area contributed by atoms with Gasteiger partial charge in [-0.05, 0) is 23.8 Å². The van der Waals surface area contributed by atoms with Crippen molar-refractivity contribution in [3.63, 3.8) is 0 Å². The Morgan fingerprint density at radius 1 is 1.19 bits per heavy atom. The molecule has 0 fully saturated rings. The summed E-state index contributed by atoms with van der Waals surface area (Å²) in [7, 11) is 1.64. The summed E-state index contributed by atoms with van der Waals surface area (Å²) in [4.78, 5) is 14.5. The van der Waals surface area contributed by atoms with Crippen molar-refractivity contribution in [3.8, 4) is 17.0 Å². The van der Waals surface area contributed by atoms with E-state index in [1.54, 1.807) is 7.11 Å². The van der Waals surface area contributed by atoms with Gasteiger partial charge < -0.3 is 9.64 Å². The first kappa shape index (κ1) is 16.7. The van der Waals surface area contributed by atoms with Gasteiger partial charge >= 0.3 is 0 Å². The number of nitrogens with one attached hydrogen (secondary N) is 1. The topological polar surface area (TPSA) is 58.2 Å². The molecule has 6 heteroatoms. The molecule has 1 N–H and O–H groups in total. The number of ether oxygens (including phenoxy) is 1. The van der Waals surface area contributed by atoms with Gasteiger partial charge in [-0.25, -0.2) is 0 Å². The second kappa shape index (κ2) is 6.84. The number of rotatable bonds is 4. The molecule has 2 aromatic carbocycles. The number of H-pyrrole nitrogens is 1. The van der Waals surface area contributed by atoms with Crippen LogP contribution in [0.5, 0.6) is 5.75 Å². The highest BCUT2D eigenvalue weighted by atomic mass is 35.5. The quantitative estimate of drug-likeness (QED) is 0.762. The minimum atomic E-state index is 0.0861. The lowest BCUT2D eigenvalue weighted by molar-refractivity contribution is -0.132. The lowest BCUT2D eigenvalue weighted by atomic mass is 9.99. The van der Waals surface area contributed by atoms with Crippen molar-refractivity contribution in [3.05, 3.63) is 70.4 Å². The molecule has 1 aromatic heterocycles. The summed E-state index contributed by atoms with van der Waals surface area (Å²) in [5, 5.41) is 8.14. The number of carbonyl (C=O) groups excluding carboxylic acids is 1. The summed E-state index contributed by atoms with van der Waals surface area (Å²) in [5.41, 5.74) is 4.58. The second-order valence-corrected chi connectivity index (χ2v) is 6.69. The molecule has 0 spiro atoms. The number of nitrogens with zero attached hydrogens (tertiary/aromatic N) is 2. The third kappa shape index (κ3) is 3.06. The third-order valence-corrected chi connectivity index (χ3v) is 4.97. The molecule has 0 bridgehead atoms. The van der Waals surface area contributed by atoms with E-state index in [-0.39, 0.29) is 5.91 Å². The van der Waals surface area contributed by atoms with Gasteiger partial charge in [0.25, 0.3) is 0 Å². The van der Waals surface area contributed by atoms with E-state index in [9.17, 15) is 4.79 Å². The zero-order valence-electron chi connectivity index (χ0n) is 14.3. The van der Waals surface area contributed by atoms with Crippen molar-refractivity contribution in [2.24, 2.45) is 0 Å². The van der Waals surface area contributed by atoms with Gasteiger partial charge in [0, 0.05) is 17.7 Å². The number of halogens is 1. The first-order valence-electron chi connectivity index (χ1n) is 8.37. The average molecular weight is 368 g/mol. The van der Waals surface area contributed by atoms with E-state index in [1.165, 1.54) is 0 Å². The molecule has 0 unspecified atom stereocenters. The summed E-state index contributed by atoms with van der Waals surface area (Å²) < 4.78 is 5.18. The van der Waals surface area contributed by atoms with E-state index in [0.29, 0.717) is 24.5 Å².